The zero-order chi connectivity index (χ0) is 24.4. The van der Waals surface area contributed by atoms with Gasteiger partial charge in [-0.25, -0.2) is 9.67 Å². The fraction of sp³-hybridized carbons (Fsp3) is 0.259. The Morgan fingerprint density at radius 3 is 2.63 bits per heavy atom. The van der Waals surface area contributed by atoms with E-state index in [1.54, 1.807) is 22.0 Å². The van der Waals surface area contributed by atoms with Crippen molar-refractivity contribution in [3.8, 4) is 17.1 Å². The number of para-hydroxylation sites is 1. The molecule has 1 aromatic carbocycles. The van der Waals surface area contributed by atoms with Crippen LogP contribution in [0.25, 0.3) is 17.1 Å². The van der Waals surface area contributed by atoms with E-state index in [9.17, 15) is 9.59 Å². The summed E-state index contributed by atoms with van der Waals surface area (Å²) in [7, 11) is 0. The minimum Gasteiger partial charge on any atom is -0.460 e. The van der Waals surface area contributed by atoms with Gasteiger partial charge in [-0.2, -0.15) is 5.10 Å². The minimum atomic E-state index is -0.312. The third-order valence-corrected chi connectivity index (χ3v) is 6.27. The van der Waals surface area contributed by atoms with Gasteiger partial charge in [-0.3, -0.25) is 9.59 Å². The summed E-state index contributed by atoms with van der Waals surface area (Å²) in [5.41, 5.74) is 2.68. The summed E-state index contributed by atoms with van der Waals surface area (Å²) in [5, 5.41) is 7.61. The lowest BCUT2D eigenvalue weighted by atomic mass is 9.96. The summed E-state index contributed by atoms with van der Waals surface area (Å²) in [6.07, 6.45) is 4.86. The van der Waals surface area contributed by atoms with Gasteiger partial charge in [0.25, 0.3) is 5.91 Å². The Balaban J connectivity index is 1.40. The van der Waals surface area contributed by atoms with E-state index in [1.165, 1.54) is 0 Å². The van der Waals surface area contributed by atoms with E-state index in [0.29, 0.717) is 35.9 Å². The number of pyridine rings is 1. The van der Waals surface area contributed by atoms with Crippen LogP contribution in [-0.4, -0.2) is 44.6 Å². The van der Waals surface area contributed by atoms with E-state index in [4.69, 9.17) is 4.42 Å². The molecule has 2 amide bonds. The van der Waals surface area contributed by atoms with Gasteiger partial charge in [0.05, 0.1) is 17.2 Å². The lowest BCUT2D eigenvalue weighted by Crippen LogP contribution is -2.44. The molecule has 1 saturated heterocycles. The quantitative estimate of drug-likeness (QED) is 0.460. The van der Waals surface area contributed by atoms with Gasteiger partial charge in [-0.1, -0.05) is 24.3 Å². The highest BCUT2D eigenvalue weighted by atomic mass is 16.3. The number of aromatic nitrogens is 3. The molecule has 0 saturated carbocycles. The maximum atomic E-state index is 13.7. The third kappa shape index (κ3) is 4.73. The van der Waals surface area contributed by atoms with Gasteiger partial charge in [-0.05, 0) is 62.6 Å². The van der Waals surface area contributed by atoms with Crippen molar-refractivity contribution in [1.29, 1.82) is 0 Å². The first-order valence-corrected chi connectivity index (χ1v) is 11.7. The monoisotopic (exact) mass is 469 g/mol. The Hall–Kier alpha value is -4.20. The molecule has 1 N–H and O–H groups in total. The average Bonchev–Trinajstić information content (AvgIpc) is 3.52. The topological polar surface area (TPSA) is 93.3 Å². The first kappa shape index (κ1) is 22.6. The average molecular weight is 470 g/mol. The van der Waals surface area contributed by atoms with Crippen molar-refractivity contribution in [1.82, 2.24) is 19.7 Å². The molecular formula is C27H27N5O3. The molecule has 0 spiro atoms. The number of likely N-dealkylation sites (tertiary alicyclic amines) is 1. The summed E-state index contributed by atoms with van der Waals surface area (Å²) >= 11 is 0. The molecule has 0 bridgehead atoms. The molecule has 1 aliphatic rings. The van der Waals surface area contributed by atoms with Crippen LogP contribution in [0.1, 0.15) is 34.5 Å². The molecule has 5 rings (SSSR count). The van der Waals surface area contributed by atoms with E-state index in [0.717, 1.165) is 29.9 Å². The molecule has 1 atom stereocenters. The van der Waals surface area contributed by atoms with E-state index in [1.807, 2.05) is 68.4 Å². The number of hydrogen-bond acceptors (Lipinski definition) is 5. The first-order chi connectivity index (χ1) is 17.0. The summed E-state index contributed by atoms with van der Waals surface area (Å²) < 4.78 is 7.51. The van der Waals surface area contributed by atoms with Gasteiger partial charge < -0.3 is 14.6 Å². The predicted octanol–water partition coefficient (Wildman–Crippen LogP) is 4.64. The minimum absolute atomic E-state index is 0.119. The number of benzene rings is 1. The summed E-state index contributed by atoms with van der Waals surface area (Å²) in [6, 6.07) is 17.1. The number of anilines is 1. The molecule has 4 heterocycles. The highest BCUT2D eigenvalue weighted by Gasteiger charge is 2.32. The van der Waals surface area contributed by atoms with Crippen LogP contribution < -0.4 is 5.32 Å². The number of aryl methyl sites for hydroxylation is 2. The molecule has 35 heavy (non-hydrogen) atoms. The van der Waals surface area contributed by atoms with E-state index in [-0.39, 0.29) is 17.7 Å². The van der Waals surface area contributed by atoms with Crippen LogP contribution in [0, 0.1) is 19.8 Å². The van der Waals surface area contributed by atoms with Crippen LogP contribution in [0.3, 0.4) is 0 Å². The number of amides is 2. The normalized spacial score (nSPS) is 15.7. The number of rotatable bonds is 5. The molecule has 3 aromatic heterocycles. The lowest BCUT2D eigenvalue weighted by Gasteiger charge is -2.32. The second-order valence-electron chi connectivity index (χ2n) is 8.83. The lowest BCUT2D eigenvalue weighted by molar-refractivity contribution is -0.121. The Bertz CT molecular complexity index is 1360. The molecule has 1 aliphatic heterocycles. The van der Waals surface area contributed by atoms with E-state index >= 15 is 0 Å². The SMILES string of the molecule is Cc1ccc(-c2nn(-c3ccccc3)cc2C(=O)N2CCCC(C(=O)Nc3ncccc3C)C2)o1. The van der Waals surface area contributed by atoms with Crippen molar-refractivity contribution >= 4 is 17.6 Å². The van der Waals surface area contributed by atoms with Crippen LogP contribution in [-0.2, 0) is 4.79 Å². The van der Waals surface area contributed by atoms with Crippen molar-refractivity contribution in [3.63, 3.8) is 0 Å². The van der Waals surface area contributed by atoms with Crippen molar-refractivity contribution in [2.24, 2.45) is 5.92 Å². The summed E-state index contributed by atoms with van der Waals surface area (Å²) in [4.78, 5) is 32.7. The summed E-state index contributed by atoms with van der Waals surface area (Å²) in [6.45, 7) is 4.68. The number of furan rings is 1. The van der Waals surface area contributed by atoms with Gasteiger partial charge in [0, 0.05) is 25.5 Å². The van der Waals surface area contributed by atoms with Gasteiger partial charge in [0.2, 0.25) is 5.91 Å². The first-order valence-electron chi connectivity index (χ1n) is 11.7. The van der Waals surface area contributed by atoms with E-state index in [2.05, 4.69) is 15.4 Å². The van der Waals surface area contributed by atoms with Gasteiger partial charge in [-0.15, -0.1) is 0 Å². The second kappa shape index (κ2) is 9.58. The zero-order valence-corrected chi connectivity index (χ0v) is 19.8. The third-order valence-electron chi connectivity index (χ3n) is 6.27. The fourth-order valence-corrected chi connectivity index (χ4v) is 4.37. The van der Waals surface area contributed by atoms with Crippen LogP contribution in [0.2, 0.25) is 0 Å². The molecule has 1 unspecified atom stereocenters. The molecule has 0 radical (unpaired) electrons. The van der Waals surface area contributed by atoms with Crippen molar-refractivity contribution < 1.29 is 14.0 Å². The van der Waals surface area contributed by atoms with Gasteiger partial charge >= 0.3 is 0 Å². The smallest absolute Gasteiger partial charge is 0.257 e. The second-order valence-corrected chi connectivity index (χ2v) is 8.83. The highest BCUT2D eigenvalue weighted by molar-refractivity contribution is 6.00. The number of nitrogens with zero attached hydrogens (tertiary/aromatic N) is 4. The molecular weight excluding hydrogens is 442 g/mol. The molecule has 1 fully saturated rings. The number of carbonyl (C=O) groups is 2. The number of piperidine rings is 1. The van der Waals surface area contributed by atoms with E-state index < -0.39 is 0 Å². The zero-order valence-electron chi connectivity index (χ0n) is 19.8. The highest BCUT2D eigenvalue weighted by Crippen LogP contribution is 2.28. The fourth-order valence-electron chi connectivity index (χ4n) is 4.37. The molecule has 8 heteroatoms. The molecule has 178 valence electrons. The van der Waals surface area contributed by atoms with Crippen LogP contribution in [0.15, 0.2) is 71.4 Å². The standard InChI is InChI=1S/C27H27N5O3/c1-18-8-6-14-28-25(18)29-26(33)20-9-7-15-31(16-20)27(34)22-17-32(21-10-4-3-5-11-21)30-24(22)23-13-12-19(2)35-23/h3-6,8,10-14,17,20H,7,9,15-16H2,1-2H3,(H,28,29,33). The number of nitrogens with one attached hydrogen (secondary N) is 1. The maximum absolute atomic E-state index is 13.7. The Kier molecular flexibility index (Phi) is 6.18. The predicted molar refractivity (Wildman–Crippen MR) is 132 cm³/mol. The number of hydrogen-bond donors (Lipinski definition) is 1. The Morgan fingerprint density at radius 1 is 1.06 bits per heavy atom. The van der Waals surface area contributed by atoms with Crippen molar-refractivity contribution in [2.75, 3.05) is 18.4 Å². The summed E-state index contributed by atoms with van der Waals surface area (Å²) in [5.74, 6) is 1.24. The van der Waals surface area contributed by atoms with Crippen molar-refractivity contribution in [3.05, 3.63) is 83.9 Å². The number of carbonyl (C=O) groups excluding carboxylic acids is 2. The van der Waals surface area contributed by atoms with Crippen molar-refractivity contribution in [2.45, 2.75) is 26.7 Å². The van der Waals surface area contributed by atoms with Gasteiger partial charge in [0.15, 0.2) is 5.76 Å². The molecule has 0 aliphatic carbocycles. The van der Waals surface area contributed by atoms with Crippen LogP contribution >= 0.6 is 0 Å². The molecule has 4 aromatic rings. The van der Waals surface area contributed by atoms with Crippen LogP contribution in [0.4, 0.5) is 5.82 Å². The Morgan fingerprint density at radius 2 is 1.89 bits per heavy atom. The van der Waals surface area contributed by atoms with Crippen LogP contribution in [0.5, 0.6) is 0 Å². The maximum Gasteiger partial charge on any atom is 0.257 e. The molecule has 8 nitrogen and oxygen atoms in total. The van der Waals surface area contributed by atoms with Gasteiger partial charge in [0.1, 0.15) is 17.3 Å². The Labute approximate surface area is 203 Å². The largest absolute Gasteiger partial charge is 0.460 e.